The number of hydrogen-bond acceptors (Lipinski definition) is 3. The lowest BCUT2D eigenvalue weighted by Crippen LogP contribution is -2.29. The lowest BCUT2D eigenvalue weighted by molar-refractivity contribution is 0.644. The van der Waals surface area contributed by atoms with Crippen molar-refractivity contribution in [1.82, 2.24) is 10.3 Å². The molecule has 1 aromatic heterocycles. The minimum atomic E-state index is 0.253. The van der Waals surface area contributed by atoms with E-state index in [9.17, 15) is 0 Å². The molecule has 0 spiro atoms. The zero-order valence-corrected chi connectivity index (χ0v) is 9.11. The second-order valence-electron chi connectivity index (χ2n) is 3.91. The fraction of sp³-hybridized carbons (Fsp3) is 0.500. The van der Waals surface area contributed by atoms with Gasteiger partial charge in [0.25, 0.3) is 0 Å². The fourth-order valence-corrected chi connectivity index (χ4v) is 1.77. The van der Waals surface area contributed by atoms with E-state index >= 15 is 0 Å². The SMILES string of the molecule is C[C@H](NC1=NCCCC1)c1ccccn1. The summed E-state index contributed by atoms with van der Waals surface area (Å²) in [5.74, 6) is 1.14. The van der Waals surface area contributed by atoms with Crippen molar-refractivity contribution in [3.63, 3.8) is 0 Å². The number of amidine groups is 1. The molecule has 2 rings (SSSR count). The standard InChI is InChI=1S/C12H17N3/c1-10(11-6-2-4-8-13-11)15-12-7-3-5-9-14-12/h2,4,6,8,10H,3,5,7,9H2,1H3,(H,14,15)/t10-/m0/s1. The van der Waals surface area contributed by atoms with Crippen LogP contribution in [0, 0.1) is 0 Å². The molecule has 80 valence electrons. The summed E-state index contributed by atoms with van der Waals surface area (Å²) in [5, 5.41) is 3.42. The van der Waals surface area contributed by atoms with Crippen LogP contribution in [-0.4, -0.2) is 17.4 Å². The third-order valence-corrected chi connectivity index (χ3v) is 2.64. The molecule has 1 aliphatic rings. The minimum Gasteiger partial charge on any atom is -0.366 e. The predicted molar refractivity (Wildman–Crippen MR) is 61.9 cm³/mol. The lowest BCUT2D eigenvalue weighted by atomic mass is 10.1. The van der Waals surface area contributed by atoms with Gasteiger partial charge in [0.2, 0.25) is 0 Å². The molecule has 1 atom stereocenters. The summed E-state index contributed by atoms with van der Waals surface area (Å²) in [7, 11) is 0. The largest absolute Gasteiger partial charge is 0.366 e. The van der Waals surface area contributed by atoms with Crippen molar-refractivity contribution < 1.29 is 0 Å². The number of nitrogens with one attached hydrogen (secondary N) is 1. The number of aromatic nitrogens is 1. The molecule has 0 unspecified atom stereocenters. The van der Waals surface area contributed by atoms with Gasteiger partial charge >= 0.3 is 0 Å². The van der Waals surface area contributed by atoms with Crippen molar-refractivity contribution in [2.75, 3.05) is 6.54 Å². The maximum absolute atomic E-state index is 4.47. The highest BCUT2D eigenvalue weighted by Crippen LogP contribution is 2.11. The minimum absolute atomic E-state index is 0.253. The van der Waals surface area contributed by atoms with Crippen molar-refractivity contribution in [2.24, 2.45) is 4.99 Å². The van der Waals surface area contributed by atoms with E-state index in [0.29, 0.717) is 0 Å². The molecule has 2 heterocycles. The van der Waals surface area contributed by atoms with Gasteiger partial charge in [-0.1, -0.05) is 6.07 Å². The van der Waals surface area contributed by atoms with Crippen molar-refractivity contribution in [3.8, 4) is 0 Å². The Morgan fingerprint density at radius 2 is 2.27 bits per heavy atom. The van der Waals surface area contributed by atoms with Crippen LogP contribution >= 0.6 is 0 Å². The van der Waals surface area contributed by atoms with Crippen molar-refractivity contribution in [1.29, 1.82) is 0 Å². The molecule has 15 heavy (non-hydrogen) atoms. The Morgan fingerprint density at radius 1 is 1.33 bits per heavy atom. The third-order valence-electron chi connectivity index (χ3n) is 2.64. The van der Waals surface area contributed by atoms with E-state index in [2.05, 4.69) is 22.2 Å². The van der Waals surface area contributed by atoms with E-state index in [4.69, 9.17) is 0 Å². The molecule has 3 heteroatoms. The monoisotopic (exact) mass is 203 g/mol. The molecule has 1 aliphatic heterocycles. The summed E-state index contributed by atoms with van der Waals surface area (Å²) in [5.41, 5.74) is 1.07. The van der Waals surface area contributed by atoms with Gasteiger partial charge in [0.1, 0.15) is 0 Å². The van der Waals surface area contributed by atoms with Crippen LogP contribution in [0.15, 0.2) is 29.4 Å². The summed E-state index contributed by atoms with van der Waals surface area (Å²) in [6.07, 6.45) is 5.39. The Kier molecular flexibility index (Phi) is 3.33. The van der Waals surface area contributed by atoms with Crippen LogP contribution in [0.1, 0.15) is 37.9 Å². The molecule has 0 radical (unpaired) electrons. The fourth-order valence-electron chi connectivity index (χ4n) is 1.77. The molecule has 0 fully saturated rings. The van der Waals surface area contributed by atoms with Crippen molar-refractivity contribution >= 4 is 5.84 Å². The second kappa shape index (κ2) is 4.91. The first-order valence-corrected chi connectivity index (χ1v) is 5.57. The molecular weight excluding hydrogens is 186 g/mol. The maximum atomic E-state index is 4.47. The van der Waals surface area contributed by atoms with Crippen molar-refractivity contribution in [2.45, 2.75) is 32.2 Å². The Hall–Kier alpha value is -1.38. The predicted octanol–water partition coefficient (Wildman–Crippen LogP) is 2.31. The summed E-state index contributed by atoms with van der Waals surface area (Å²) < 4.78 is 0. The zero-order valence-electron chi connectivity index (χ0n) is 9.11. The van der Waals surface area contributed by atoms with Crippen molar-refractivity contribution in [3.05, 3.63) is 30.1 Å². The van der Waals surface area contributed by atoms with Crippen LogP contribution < -0.4 is 5.32 Å². The van der Waals surface area contributed by atoms with E-state index in [1.54, 1.807) is 0 Å². The summed E-state index contributed by atoms with van der Waals surface area (Å²) in [4.78, 5) is 8.80. The topological polar surface area (TPSA) is 37.3 Å². The Balaban J connectivity index is 1.97. The van der Waals surface area contributed by atoms with Gasteiger partial charge in [-0.15, -0.1) is 0 Å². The zero-order chi connectivity index (χ0) is 10.5. The normalized spacial score (nSPS) is 18.1. The Bertz CT molecular complexity index is 332. The number of rotatable bonds is 2. The van der Waals surface area contributed by atoms with Gasteiger partial charge in [-0.05, 0) is 31.9 Å². The molecule has 0 saturated heterocycles. The summed E-state index contributed by atoms with van der Waals surface area (Å²) >= 11 is 0. The van der Waals surface area contributed by atoms with Gasteiger partial charge in [-0.3, -0.25) is 9.98 Å². The molecule has 0 amide bonds. The van der Waals surface area contributed by atoms with Gasteiger partial charge < -0.3 is 5.32 Å². The highest BCUT2D eigenvalue weighted by atomic mass is 15.0. The number of pyridine rings is 1. The highest BCUT2D eigenvalue weighted by molar-refractivity contribution is 5.82. The molecule has 3 nitrogen and oxygen atoms in total. The van der Waals surface area contributed by atoms with Crippen LogP contribution in [0.4, 0.5) is 0 Å². The molecular formula is C12H17N3. The molecule has 0 bridgehead atoms. The van der Waals surface area contributed by atoms with Gasteiger partial charge in [-0.2, -0.15) is 0 Å². The number of nitrogens with zero attached hydrogens (tertiary/aromatic N) is 2. The quantitative estimate of drug-likeness (QED) is 0.801. The maximum Gasteiger partial charge on any atom is 0.0968 e. The van der Waals surface area contributed by atoms with E-state index in [1.807, 2.05) is 24.4 Å². The van der Waals surface area contributed by atoms with E-state index in [0.717, 1.165) is 24.5 Å². The molecule has 0 aromatic carbocycles. The lowest BCUT2D eigenvalue weighted by Gasteiger charge is -2.18. The van der Waals surface area contributed by atoms with Crippen LogP contribution in [-0.2, 0) is 0 Å². The Morgan fingerprint density at radius 3 is 2.93 bits per heavy atom. The summed E-state index contributed by atoms with van der Waals surface area (Å²) in [6.45, 7) is 3.09. The van der Waals surface area contributed by atoms with Gasteiger partial charge in [0, 0.05) is 19.2 Å². The smallest absolute Gasteiger partial charge is 0.0968 e. The molecule has 0 aliphatic carbocycles. The Labute approximate surface area is 90.6 Å². The first-order valence-electron chi connectivity index (χ1n) is 5.57. The van der Waals surface area contributed by atoms with Crippen LogP contribution in [0.25, 0.3) is 0 Å². The number of aliphatic imine (C=N–C) groups is 1. The van der Waals surface area contributed by atoms with Crippen LogP contribution in [0.2, 0.25) is 0 Å². The average molecular weight is 203 g/mol. The van der Waals surface area contributed by atoms with Gasteiger partial charge in [0.05, 0.1) is 17.6 Å². The first kappa shape index (κ1) is 10.1. The average Bonchev–Trinajstić information content (AvgIpc) is 2.31. The number of hydrogen-bond donors (Lipinski definition) is 1. The highest BCUT2D eigenvalue weighted by Gasteiger charge is 2.10. The third kappa shape index (κ3) is 2.78. The van der Waals surface area contributed by atoms with E-state index in [-0.39, 0.29) is 6.04 Å². The molecule has 1 aromatic rings. The van der Waals surface area contributed by atoms with Crippen LogP contribution in [0.5, 0.6) is 0 Å². The molecule has 1 N–H and O–H groups in total. The van der Waals surface area contributed by atoms with Gasteiger partial charge in [-0.25, -0.2) is 0 Å². The molecule has 0 saturated carbocycles. The first-order chi connectivity index (χ1) is 7.36. The summed E-state index contributed by atoms with van der Waals surface area (Å²) in [6, 6.07) is 6.25. The van der Waals surface area contributed by atoms with Gasteiger partial charge in [0.15, 0.2) is 0 Å². The van der Waals surface area contributed by atoms with E-state index in [1.165, 1.54) is 12.8 Å². The van der Waals surface area contributed by atoms with Crippen LogP contribution in [0.3, 0.4) is 0 Å². The second-order valence-corrected chi connectivity index (χ2v) is 3.91. The van der Waals surface area contributed by atoms with E-state index < -0.39 is 0 Å².